The first-order valence-corrected chi connectivity index (χ1v) is 10.5. The van der Waals surface area contributed by atoms with Crippen LogP contribution in [-0.2, 0) is 22.7 Å². The zero-order valence-corrected chi connectivity index (χ0v) is 19.0. The van der Waals surface area contributed by atoms with Crippen molar-refractivity contribution >= 4 is 34.0 Å². The van der Waals surface area contributed by atoms with E-state index in [2.05, 4.69) is 31.8 Å². The summed E-state index contributed by atoms with van der Waals surface area (Å²) in [6.45, 7) is 0.654. The van der Waals surface area contributed by atoms with Crippen molar-refractivity contribution in [2.24, 2.45) is 5.10 Å². The Morgan fingerprint density at radius 2 is 1.69 bits per heavy atom. The van der Waals surface area contributed by atoms with Gasteiger partial charge in [0.15, 0.2) is 11.5 Å². The molecule has 0 aliphatic heterocycles. The molecule has 0 radical (unpaired) electrons. The lowest BCUT2D eigenvalue weighted by Crippen LogP contribution is -2.37. The third-order valence-electron chi connectivity index (χ3n) is 4.38. The molecule has 0 aliphatic rings. The molecule has 0 saturated carbocycles. The largest absolute Gasteiger partial charge is 0.493 e. The smallest absolute Gasteiger partial charge is 0.329 e. The van der Waals surface area contributed by atoms with Crippen LogP contribution in [0, 0.1) is 0 Å². The Balaban J connectivity index is 1.51. The van der Waals surface area contributed by atoms with E-state index in [0.29, 0.717) is 23.7 Å². The van der Waals surface area contributed by atoms with Gasteiger partial charge in [-0.15, -0.1) is 0 Å². The number of carbonyl (C=O) groups excluding carboxylic acids is 2. The maximum absolute atomic E-state index is 11.9. The lowest BCUT2D eigenvalue weighted by atomic mass is 10.2. The Bertz CT molecular complexity index is 1090. The number of hydrogen-bond acceptors (Lipinski definition) is 5. The number of carbonyl (C=O) groups is 2. The first-order valence-electron chi connectivity index (χ1n) is 9.75. The maximum Gasteiger partial charge on any atom is 0.329 e. The number of halogens is 1. The van der Waals surface area contributed by atoms with Gasteiger partial charge in [-0.05, 0) is 47.0 Å². The minimum atomic E-state index is -0.849. The molecule has 0 bridgehead atoms. The van der Waals surface area contributed by atoms with E-state index in [9.17, 15) is 9.59 Å². The van der Waals surface area contributed by atoms with E-state index in [0.717, 1.165) is 15.6 Å². The molecule has 0 heterocycles. The Kier molecular flexibility index (Phi) is 8.39. The van der Waals surface area contributed by atoms with E-state index in [1.165, 1.54) is 6.21 Å². The number of hydrogen-bond donors (Lipinski definition) is 2. The van der Waals surface area contributed by atoms with Crippen LogP contribution in [0.4, 0.5) is 0 Å². The summed E-state index contributed by atoms with van der Waals surface area (Å²) in [4.78, 5) is 23.8. The summed E-state index contributed by atoms with van der Waals surface area (Å²) in [6.07, 6.45) is 1.42. The summed E-state index contributed by atoms with van der Waals surface area (Å²) in [5.41, 5.74) is 4.80. The highest BCUT2D eigenvalue weighted by Gasteiger charge is 2.12. The molecule has 0 spiro atoms. The van der Waals surface area contributed by atoms with Crippen molar-refractivity contribution < 1.29 is 19.1 Å². The second-order valence-corrected chi connectivity index (χ2v) is 7.61. The topological polar surface area (TPSA) is 89.0 Å². The molecule has 32 heavy (non-hydrogen) atoms. The summed E-state index contributed by atoms with van der Waals surface area (Å²) < 4.78 is 12.2. The minimum Gasteiger partial charge on any atom is -0.493 e. The van der Waals surface area contributed by atoms with Crippen LogP contribution in [-0.4, -0.2) is 25.1 Å². The molecule has 7 nitrogen and oxygen atoms in total. The lowest BCUT2D eigenvalue weighted by molar-refractivity contribution is -0.139. The molecule has 3 aromatic rings. The Morgan fingerprint density at radius 1 is 0.938 bits per heavy atom. The fourth-order valence-electron chi connectivity index (χ4n) is 2.70. The van der Waals surface area contributed by atoms with Crippen molar-refractivity contribution in [2.75, 3.05) is 7.11 Å². The molecule has 0 aromatic heterocycles. The summed E-state index contributed by atoms with van der Waals surface area (Å²) in [6, 6.07) is 22.4. The van der Waals surface area contributed by atoms with Crippen LogP contribution < -0.4 is 20.2 Å². The molecule has 0 unspecified atom stereocenters. The molecule has 3 aromatic carbocycles. The van der Waals surface area contributed by atoms with Gasteiger partial charge in [-0.25, -0.2) is 5.43 Å². The van der Waals surface area contributed by atoms with Crippen LogP contribution in [0.3, 0.4) is 0 Å². The van der Waals surface area contributed by atoms with E-state index in [4.69, 9.17) is 9.47 Å². The molecular weight excluding hydrogens is 474 g/mol. The first kappa shape index (κ1) is 23.0. The van der Waals surface area contributed by atoms with Crippen molar-refractivity contribution in [3.05, 3.63) is 94.0 Å². The minimum absolute atomic E-state index is 0.260. The van der Waals surface area contributed by atoms with E-state index >= 15 is 0 Å². The molecule has 2 amide bonds. The molecule has 0 fully saturated rings. The van der Waals surface area contributed by atoms with Crippen molar-refractivity contribution in [3.8, 4) is 11.5 Å². The molecule has 0 saturated heterocycles. The highest BCUT2D eigenvalue weighted by molar-refractivity contribution is 9.10. The monoisotopic (exact) mass is 495 g/mol. The fraction of sp³-hybridized carbons (Fsp3) is 0.125. The number of nitrogens with zero attached hydrogens (tertiary/aromatic N) is 1. The van der Waals surface area contributed by atoms with Crippen LogP contribution in [0.25, 0.3) is 0 Å². The first-order chi connectivity index (χ1) is 15.5. The van der Waals surface area contributed by atoms with Crippen LogP contribution in [0.15, 0.2) is 82.4 Å². The molecular formula is C24H22BrN3O4. The molecule has 2 N–H and O–H groups in total. The van der Waals surface area contributed by atoms with Crippen LogP contribution in [0.5, 0.6) is 11.5 Å². The molecule has 3 rings (SSSR count). The Morgan fingerprint density at radius 3 is 2.41 bits per heavy atom. The quantitative estimate of drug-likeness (QED) is 0.282. The lowest BCUT2D eigenvalue weighted by Gasteiger charge is -2.11. The van der Waals surface area contributed by atoms with Crippen molar-refractivity contribution in [1.29, 1.82) is 0 Å². The number of nitrogens with one attached hydrogen (secondary N) is 2. The van der Waals surface area contributed by atoms with Gasteiger partial charge >= 0.3 is 11.8 Å². The number of benzene rings is 3. The fourth-order valence-corrected chi connectivity index (χ4v) is 2.96. The second kappa shape index (κ2) is 11.7. The Hall–Kier alpha value is -3.65. The molecule has 0 aliphatic carbocycles. The maximum atomic E-state index is 11.9. The average Bonchev–Trinajstić information content (AvgIpc) is 2.83. The second-order valence-electron chi connectivity index (χ2n) is 6.69. The number of rotatable bonds is 8. The zero-order chi connectivity index (χ0) is 22.8. The number of methoxy groups -OCH3 is 1. The van der Waals surface area contributed by atoms with Gasteiger partial charge in [0.1, 0.15) is 6.61 Å². The van der Waals surface area contributed by atoms with Gasteiger partial charge in [-0.3, -0.25) is 9.59 Å². The van der Waals surface area contributed by atoms with Crippen LogP contribution in [0.2, 0.25) is 0 Å². The summed E-state index contributed by atoms with van der Waals surface area (Å²) >= 11 is 3.41. The number of ether oxygens (including phenoxy) is 2. The van der Waals surface area contributed by atoms with E-state index in [1.54, 1.807) is 25.3 Å². The van der Waals surface area contributed by atoms with Crippen LogP contribution >= 0.6 is 15.9 Å². The normalized spacial score (nSPS) is 10.6. The molecule has 164 valence electrons. The van der Waals surface area contributed by atoms with E-state index < -0.39 is 11.8 Å². The SMILES string of the molecule is COc1cc(/C=N\NC(=O)C(=O)NCc2ccccc2)ccc1OCc1ccc(Br)cc1. The highest BCUT2D eigenvalue weighted by Crippen LogP contribution is 2.28. The summed E-state index contributed by atoms with van der Waals surface area (Å²) in [5.74, 6) is -0.506. The van der Waals surface area contributed by atoms with Gasteiger partial charge in [0, 0.05) is 11.0 Å². The highest BCUT2D eigenvalue weighted by atomic mass is 79.9. The van der Waals surface area contributed by atoms with Gasteiger partial charge in [-0.1, -0.05) is 58.4 Å². The van der Waals surface area contributed by atoms with E-state index in [-0.39, 0.29) is 6.54 Å². The number of amides is 2. The zero-order valence-electron chi connectivity index (χ0n) is 17.4. The summed E-state index contributed by atoms with van der Waals surface area (Å²) in [5, 5.41) is 6.38. The standard InChI is InChI=1S/C24H22BrN3O4/c1-31-22-13-19(9-12-21(22)32-16-18-7-10-20(25)11-8-18)15-27-28-24(30)23(29)26-14-17-5-3-2-4-6-17/h2-13,15H,14,16H2,1H3,(H,26,29)(H,28,30)/b27-15-. The predicted molar refractivity (Wildman–Crippen MR) is 125 cm³/mol. The van der Waals surface area contributed by atoms with Crippen LogP contribution in [0.1, 0.15) is 16.7 Å². The van der Waals surface area contributed by atoms with Gasteiger partial charge in [0.25, 0.3) is 0 Å². The third-order valence-corrected chi connectivity index (χ3v) is 4.91. The molecule has 0 atom stereocenters. The predicted octanol–water partition coefficient (Wildman–Crippen LogP) is 3.80. The van der Waals surface area contributed by atoms with Crippen molar-refractivity contribution in [2.45, 2.75) is 13.2 Å². The van der Waals surface area contributed by atoms with Gasteiger partial charge in [-0.2, -0.15) is 5.10 Å². The molecule has 8 heteroatoms. The van der Waals surface area contributed by atoms with Crippen molar-refractivity contribution in [1.82, 2.24) is 10.7 Å². The van der Waals surface area contributed by atoms with Gasteiger partial charge in [0.05, 0.1) is 13.3 Å². The van der Waals surface area contributed by atoms with Gasteiger partial charge < -0.3 is 14.8 Å². The third kappa shape index (κ3) is 6.95. The van der Waals surface area contributed by atoms with Gasteiger partial charge in [0.2, 0.25) is 0 Å². The van der Waals surface area contributed by atoms with Crippen molar-refractivity contribution in [3.63, 3.8) is 0 Å². The average molecular weight is 496 g/mol. The summed E-state index contributed by atoms with van der Waals surface area (Å²) in [7, 11) is 1.54. The Labute approximate surface area is 194 Å². The number of hydrazone groups is 1. The van der Waals surface area contributed by atoms with E-state index in [1.807, 2.05) is 54.6 Å².